The minimum absolute atomic E-state index is 0.195. The van der Waals surface area contributed by atoms with Crippen LogP contribution in [0.4, 0.5) is 0 Å². The Morgan fingerprint density at radius 3 is 2.23 bits per heavy atom. The fraction of sp³-hybridized carbons (Fsp3) is 0.900. The molecule has 0 aliphatic carbocycles. The molecule has 0 amide bonds. The van der Waals surface area contributed by atoms with Crippen LogP contribution in [0.25, 0.3) is 0 Å². The average Bonchev–Trinajstić information content (AvgIpc) is 2.11. The van der Waals surface area contributed by atoms with Crippen molar-refractivity contribution in [3.8, 4) is 0 Å². The van der Waals surface area contributed by atoms with Gasteiger partial charge in [0.05, 0.1) is 7.11 Å². The molecule has 0 aromatic heterocycles. The molecule has 0 rings (SSSR count). The standard InChI is InChI=1S/C10H21NO2/c1-6-9(7(2)3)11-8(4)10(12)13-5/h7-9,11H,6H2,1-5H3/t8-,9?/m0/s1. The molecule has 3 nitrogen and oxygen atoms in total. The minimum atomic E-state index is -0.211. The molecular weight excluding hydrogens is 166 g/mol. The van der Waals surface area contributed by atoms with Crippen LogP contribution in [-0.4, -0.2) is 25.2 Å². The van der Waals surface area contributed by atoms with Crippen LogP contribution in [0.1, 0.15) is 34.1 Å². The molecule has 0 saturated heterocycles. The Balaban J connectivity index is 4.00. The maximum Gasteiger partial charge on any atom is 0.322 e. The Hall–Kier alpha value is -0.570. The number of carbonyl (C=O) groups excluding carboxylic acids is 1. The summed E-state index contributed by atoms with van der Waals surface area (Å²) in [4.78, 5) is 11.1. The van der Waals surface area contributed by atoms with E-state index in [1.165, 1.54) is 7.11 Å². The Labute approximate surface area is 80.8 Å². The van der Waals surface area contributed by atoms with Crippen LogP contribution in [0.2, 0.25) is 0 Å². The highest BCUT2D eigenvalue weighted by Gasteiger charge is 2.18. The largest absolute Gasteiger partial charge is 0.468 e. The maximum absolute atomic E-state index is 11.1. The lowest BCUT2D eigenvalue weighted by molar-refractivity contribution is -0.142. The van der Waals surface area contributed by atoms with Gasteiger partial charge in [-0.1, -0.05) is 20.8 Å². The van der Waals surface area contributed by atoms with Crippen LogP contribution >= 0.6 is 0 Å². The van der Waals surface area contributed by atoms with Gasteiger partial charge < -0.3 is 10.1 Å². The van der Waals surface area contributed by atoms with E-state index in [1.54, 1.807) is 0 Å². The van der Waals surface area contributed by atoms with Crippen molar-refractivity contribution in [2.24, 2.45) is 5.92 Å². The van der Waals surface area contributed by atoms with Crippen LogP contribution in [0.15, 0.2) is 0 Å². The molecule has 0 aliphatic rings. The first-order valence-corrected chi connectivity index (χ1v) is 4.86. The van der Waals surface area contributed by atoms with Gasteiger partial charge in [0.1, 0.15) is 6.04 Å². The Bertz CT molecular complexity index is 157. The summed E-state index contributed by atoms with van der Waals surface area (Å²) in [5, 5.41) is 3.24. The van der Waals surface area contributed by atoms with Gasteiger partial charge >= 0.3 is 5.97 Å². The van der Waals surface area contributed by atoms with Gasteiger partial charge in [-0.3, -0.25) is 4.79 Å². The van der Waals surface area contributed by atoms with Crippen molar-refractivity contribution in [1.82, 2.24) is 5.32 Å². The molecule has 0 saturated carbocycles. The lowest BCUT2D eigenvalue weighted by atomic mass is 10.0. The lowest BCUT2D eigenvalue weighted by Crippen LogP contribution is -2.44. The van der Waals surface area contributed by atoms with E-state index < -0.39 is 0 Å². The van der Waals surface area contributed by atoms with E-state index in [9.17, 15) is 4.79 Å². The molecule has 3 heteroatoms. The Kier molecular flexibility index (Phi) is 5.71. The van der Waals surface area contributed by atoms with Crippen molar-refractivity contribution < 1.29 is 9.53 Å². The van der Waals surface area contributed by atoms with Crippen molar-refractivity contribution in [1.29, 1.82) is 0 Å². The molecule has 1 N–H and O–H groups in total. The number of ether oxygens (including phenoxy) is 1. The number of carbonyl (C=O) groups is 1. The molecule has 13 heavy (non-hydrogen) atoms. The van der Waals surface area contributed by atoms with Crippen LogP contribution < -0.4 is 5.32 Å². The zero-order valence-corrected chi connectivity index (χ0v) is 9.26. The van der Waals surface area contributed by atoms with E-state index in [4.69, 9.17) is 0 Å². The molecule has 0 aromatic rings. The Morgan fingerprint density at radius 2 is 1.92 bits per heavy atom. The second-order valence-electron chi connectivity index (χ2n) is 3.67. The van der Waals surface area contributed by atoms with Crippen LogP contribution in [-0.2, 0) is 9.53 Å². The molecular formula is C10H21NO2. The van der Waals surface area contributed by atoms with Crippen LogP contribution in [0, 0.1) is 5.92 Å². The van der Waals surface area contributed by atoms with E-state index in [1.807, 2.05) is 6.92 Å². The molecule has 0 spiro atoms. The van der Waals surface area contributed by atoms with Crippen LogP contribution in [0.3, 0.4) is 0 Å². The summed E-state index contributed by atoms with van der Waals surface area (Å²) in [6, 6.07) is 0.173. The van der Waals surface area contributed by atoms with Gasteiger partial charge in [-0.25, -0.2) is 0 Å². The first kappa shape index (κ1) is 12.4. The van der Waals surface area contributed by atoms with Gasteiger partial charge in [-0.05, 0) is 19.3 Å². The number of rotatable bonds is 5. The van der Waals surface area contributed by atoms with E-state index in [2.05, 4.69) is 30.8 Å². The third-order valence-corrected chi connectivity index (χ3v) is 2.26. The molecule has 0 radical (unpaired) electrons. The van der Waals surface area contributed by atoms with E-state index in [0.717, 1.165) is 6.42 Å². The van der Waals surface area contributed by atoms with Crippen LogP contribution in [0.5, 0.6) is 0 Å². The fourth-order valence-electron chi connectivity index (χ4n) is 1.35. The van der Waals surface area contributed by atoms with Crippen molar-refractivity contribution in [3.63, 3.8) is 0 Å². The van der Waals surface area contributed by atoms with Gasteiger partial charge in [0.2, 0.25) is 0 Å². The molecule has 0 fully saturated rings. The predicted octanol–water partition coefficient (Wildman–Crippen LogP) is 1.57. The molecule has 0 heterocycles. The smallest absolute Gasteiger partial charge is 0.322 e. The van der Waals surface area contributed by atoms with Crippen molar-refractivity contribution >= 4 is 5.97 Å². The van der Waals surface area contributed by atoms with E-state index in [0.29, 0.717) is 12.0 Å². The third-order valence-electron chi connectivity index (χ3n) is 2.26. The van der Waals surface area contributed by atoms with Crippen molar-refractivity contribution in [2.75, 3.05) is 7.11 Å². The summed E-state index contributed by atoms with van der Waals surface area (Å²) in [7, 11) is 1.41. The topological polar surface area (TPSA) is 38.3 Å². The molecule has 1 unspecified atom stereocenters. The highest BCUT2D eigenvalue weighted by molar-refractivity contribution is 5.75. The first-order chi connectivity index (χ1) is 6.02. The number of hydrogen-bond acceptors (Lipinski definition) is 3. The third kappa shape index (κ3) is 4.27. The number of nitrogens with one attached hydrogen (secondary N) is 1. The quantitative estimate of drug-likeness (QED) is 0.664. The van der Waals surface area contributed by atoms with E-state index >= 15 is 0 Å². The minimum Gasteiger partial charge on any atom is -0.468 e. The molecule has 0 bridgehead atoms. The summed E-state index contributed by atoms with van der Waals surface area (Å²) in [6.45, 7) is 8.23. The fourth-order valence-corrected chi connectivity index (χ4v) is 1.35. The van der Waals surface area contributed by atoms with Gasteiger partial charge in [-0.15, -0.1) is 0 Å². The van der Waals surface area contributed by atoms with Crippen molar-refractivity contribution in [2.45, 2.75) is 46.2 Å². The molecule has 0 aliphatic heterocycles. The summed E-state index contributed by atoms with van der Waals surface area (Å²) < 4.78 is 4.64. The summed E-state index contributed by atoms with van der Waals surface area (Å²) in [5.74, 6) is 0.344. The zero-order valence-electron chi connectivity index (χ0n) is 9.26. The van der Waals surface area contributed by atoms with Gasteiger partial charge in [-0.2, -0.15) is 0 Å². The first-order valence-electron chi connectivity index (χ1n) is 4.86. The molecule has 0 aromatic carbocycles. The second-order valence-corrected chi connectivity index (χ2v) is 3.67. The zero-order chi connectivity index (χ0) is 10.4. The number of methoxy groups -OCH3 is 1. The lowest BCUT2D eigenvalue weighted by Gasteiger charge is -2.23. The second kappa shape index (κ2) is 5.97. The summed E-state index contributed by atoms with van der Waals surface area (Å²) in [5.41, 5.74) is 0. The van der Waals surface area contributed by atoms with Gasteiger partial charge in [0, 0.05) is 6.04 Å². The number of esters is 1. The van der Waals surface area contributed by atoms with E-state index in [-0.39, 0.29) is 12.0 Å². The molecule has 78 valence electrons. The monoisotopic (exact) mass is 187 g/mol. The number of hydrogen-bond donors (Lipinski definition) is 1. The molecule has 2 atom stereocenters. The Morgan fingerprint density at radius 1 is 1.38 bits per heavy atom. The highest BCUT2D eigenvalue weighted by Crippen LogP contribution is 2.06. The highest BCUT2D eigenvalue weighted by atomic mass is 16.5. The maximum atomic E-state index is 11.1. The van der Waals surface area contributed by atoms with Crippen molar-refractivity contribution in [3.05, 3.63) is 0 Å². The normalized spacial score (nSPS) is 15.5. The van der Waals surface area contributed by atoms with Gasteiger partial charge in [0.15, 0.2) is 0 Å². The van der Waals surface area contributed by atoms with Gasteiger partial charge in [0.25, 0.3) is 0 Å². The predicted molar refractivity (Wildman–Crippen MR) is 53.5 cm³/mol. The summed E-state index contributed by atoms with van der Waals surface area (Å²) in [6.07, 6.45) is 1.03. The average molecular weight is 187 g/mol. The SMILES string of the molecule is CCC(N[C@@H](C)C(=O)OC)C(C)C. The summed E-state index contributed by atoms with van der Waals surface area (Å²) >= 11 is 0.